The van der Waals surface area contributed by atoms with Gasteiger partial charge in [-0.05, 0) is 48.8 Å². The van der Waals surface area contributed by atoms with Gasteiger partial charge < -0.3 is 20.1 Å². The second kappa shape index (κ2) is 9.28. The summed E-state index contributed by atoms with van der Waals surface area (Å²) in [6.07, 6.45) is 2.27. The lowest BCUT2D eigenvalue weighted by Gasteiger charge is -2.19. The Hall–Kier alpha value is -2.27. The first-order valence-corrected chi connectivity index (χ1v) is 8.86. The highest BCUT2D eigenvalue weighted by atomic mass is 32.1. The number of hydrogen-bond acceptors (Lipinski definition) is 3. The number of nitrogens with one attached hydrogen (secondary N) is 2. The standard InChI is InChI=1S/C20H26N2O2S/c1-5-6-15-7-9-16(10-8-15)14(2)21-20(25)22-18-13-17(23-3)11-12-19(18)24-4/h7-14H,5-6H2,1-4H3,(H2,21,22,25). The van der Waals surface area contributed by atoms with Gasteiger partial charge in [-0.3, -0.25) is 0 Å². The third-order valence-corrected chi connectivity index (χ3v) is 4.24. The van der Waals surface area contributed by atoms with E-state index in [-0.39, 0.29) is 6.04 Å². The number of anilines is 1. The van der Waals surface area contributed by atoms with E-state index >= 15 is 0 Å². The predicted molar refractivity (Wildman–Crippen MR) is 108 cm³/mol. The van der Waals surface area contributed by atoms with Gasteiger partial charge in [-0.15, -0.1) is 0 Å². The summed E-state index contributed by atoms with van der Waals surface area (Å²) >= 11 is 5.45. The monoisotopic (exact) mass is 358 g/mol. The zero-order valence-electron chi connectivity index (χ0n) is 15.3. The van der Waals surface area contributed by atoms with E-state index in [2.05, 4.69) is 48.7 Å². The maximum Gasteiger partial charge on any atom is 0.171 e. The van der Waals surface area contributed by atoms with Gasteiger partial charge in [-0.2, -0.15) is 0 Å². The van der Waals surface area contributed by atoms with Crippen molar-refractivity contribution in [2.45, 2.75) is 32.7 Å². The molecule has 0 aliphatic carbocycles. The Morgan fingerprint density at radius 3 is 2.40 bits per heavy atom. The van der Waals surface area contributed by atoms with Crippen LogP contribution in [0.3, 0.4) is 0 Å². The number of thiocarbonyl (C=S) groups is 1. The number of methoxy groups -OCH3 is 2. The first kappa shape index (κ1) is 19.1. The van der Waals surface area contributed by atoms with Crippen molar-refractivity contribution in [1.82, 2.24) is 5.32 Å². The summed E-state index contributed by atoms with van der Waals surface area (Å²) in [4.78, 5) is 0. The molecule has 0 aromatic heterocycles. The molecule has 2 aromatic carbocycles. The maximum atomic E-state index is 5.45. The van der Waals surface area contributed by atoms with E-state index in [0.29, 0.717) is 10.9 Å². The molecule has 134 valence electrons. The van der Waals surface area contributed by atoms with Gasteiger partial charge >= 0.3 is 0 Å². The van der Waals surface area contributed by atoms with Crippen molar-refractivity contribution in [1.29, 1.82) is 0 Å². The van der Waals surface area contributed by atoms with Crippen LogP contribution in [0.2, 0.25) is 0 Å². The Morgan fingerprint density at radius 2 is 1.80 bits per heavy atom. The molecule has 0 radical (unpaired) electrons. The highest BCUT2D eigenvalue weighted by molar-refractivity contribution is 7.80. The molecule has 4 nitrogen and oxygen atoms in total. The van der Waals surface area contributed by atoms with Gasteiger partial charge in [-0.25, -0.2) is 0 Å². The molecule has 2 N–H and O–H groups in total. The second-order valence-corrected chi connectivity index (χ2v) is 6.29. The van der Waals surface area contributed by atoms with Crippen molar-refractivity contribution in [3.63, 3.8) is 0 Å². The zero-order chi connectivity index (χ0) is 18.2. The third-order valence-electron chi connectivity index (χ3n) is 4.02. The molecule has 25 heavy (non-hydrogen) atoms. The summed E-state index contributed by atoms with van der Waals surface area (Å²) in [6, 6.07) is 14.3. The molecule has 0 amide bonds. The fourth-order valence-corrected chi connectivity index (χ4v) is 2.90. The second-order valence-electron chi connectivity index (χ2n) is 5.88. The van der Waals surface area contributed by atoms with Gasteiger partial charge in [0.05, 0.1) is 25.9 Å². The molecule has 1 atom stereocenters. The minimum absolute atomic E-state index is 0.104. The minimum atomic E-state index is 0.104. The normalized spacial score (nSPS) is 11.5. The van der Waals surface area contributed by atoms with Gasteiger partial charge in [0.15, 0.2) is 5.11 Å². The fourth-order valence-electron chi connectivity index (χ4n) is 2.61. The van der Waals surface area contributed by atoms with Gasteiger partial charge in [0.25, 0.3) is 0 Å². The number of benzene rings is 2. The fraction of sp³-hybridized carbons (Fsp3) is 0.350. The summed E-state index contributed by atoms with van der Waals surface area (Å²) in [5.41, 5.74) is 3.33. The van der Waals surface area contributed by atoms with Crippen molar-refractivity contribution in [2.24, 2.45) is 0 Å². The SMILES string of the molecule is CCCc1ccc(C(C)NC(=S)Nc2cc(OC)ccc2OC)cc1. The van der Waals surface area contributed by atoms with E-state index < -0.39 is 0 Å². The Labute approximate surface area is 155 Å². The van der Waals surface area contributed by atoms with Gasteiger partial charge in [0.2, 0.25) is 0 Å². The smallest absolute Gasteiger partial charge is 0.171 e. The topological polar surface area (TPSA) is 42.5 Å². The van der Waals surface area contributed by atoms with Crippen molar-refractivity contribution in [2.75, 3.05) is 19.5 Å². The Kier molecular flexibility index (Phi) is 7.07. The molecule has 0 fully saturated rings. The summed E-state index contributed by atoms with van der Waals surface area (Å²) < 4.78 is 10.6. The molecule has 0 saturated carbocycles. The van der Waals surface area contributed by atoms with Gasteiger partial charge in [0.1, 0.15) is 11.5 Å². The lowest BCUT2D eigenvalue weighted by molar-refractivity contribution is 0.405. The molecule has 1 unspecified atom stereocenters. The number of ether oxygens (including phenoxy) is 2. The van der Waals surface area contributed by atoms with Crippen LogP contribution in [0, 0.1) is 0 Å². The molecule has 2 rings (SSSR count). The quantitative estimate of drug-likeness (QED) is 0.702. The molecule has 5 heteroatoms. The summed E-state index contributed by atoms with van der Waals surface area (Å²) in [5, 5.41) is 7.03. The van der Waals surface area contributed by atoms with Crippen LogP contribution in [0.1, 0.15) is 37.4 Å². The van der Waals surface area contributed by atoms with Crippen LogP contribution in [-0.2, 0) is 6.42 Å². The van der Waals surface area contributed by atoms with Crippen molar-refractivity contribution in [3.8, 4) is 11.5 Å². The van der Waals surface area contributed by atoms with Crippen molar-refractivity contribution < 1.29 is 9.47 Å². The molecular weight excluding hydrogens is 332 g/mol. The van der Waals surface area contributed by atoms with Crippen LogP contribution in [-0.4, -0.2) is 19.3 Å². The van der Waals surface area contributed by atoms with Crippen LogP contribution >= 0.6 is 12.2 Å². The minimum Gasteiger partial charge on any atom is -0.497 e. The van der Waals surface area contributed by atoms with Crippen LogP contribution in [0.4, 0.5) is 5.69 Å². The first-order valence-electron chi connectivity index (χ1n) is 8.45. The molecule has 0 saturated heterocycles. The third kappa shape index (κ3) is 5.36. The largest absolute Gasteiger partial charge is 0.497 e. The van der Waals surface area contributed by atoms with Crippen LogP contribution < -0.4 is 20.1 Å². The van der Waals surface area contributed by atoms with E-state index in [4.69, 9.17) is 21.7 Å². The number of hydrogen-bond donors (Lipinski definition) is 2. The van der Waals surface area contributed by atoms with E-state index in [1.807, 2.05) is 18.2 Å². The molecule has 0 bridgehead atoms. The van der Waals surface area contributed by atoms with E-state index in [9.17, 15) is 0 Å². The Morgan fingerprint density at radius 1 is 1.08 bits per heavy atom. The van der Waals surface area contributed by atoms with Gasteiger partial charge in [-0.1, -0.05) is 37.6 Å². The van der Waals surface area contributed by atoms with Crippen LogP contribution in [0.25, 0.3) is 0 Å². The summed E-state index contributed by atoms with van der Waals surface area (Å²) in [7, 11) is 3.26. The van der Waals surface area contributed by atoms with Crippen molar-refractivity contribution in [3.05, 3.63) is 53.6 Å². The van der Waals surface area contributed by atoms with E-state index in [0.717, 1.165) is 24.3 Å². The molecule has 0 aliphatic rings. The average molecular weight is 359 g/mol. The summed E-state index contributed by atoms with van der Waals surface area (Å²) in [6.45, 7) is 4.28. The molecule has 2 aromatic rings. The Balaban J connectivity index is 2.01. The van der Waals surface area contributed by atoms with Crippen LogP contribution in [0.15, 0.2) is 42.5 Å². The maximum absolute atomic E-state index is 5.45. The molecule has 0 spiro atoms. The first-order chi connectivity index (χ1) is 12.1. The highest BCUT2D eigenvalue weighted by Gasteiger charge is 2.10. The molecule has 0 heterocycles. The highest BCUT2D eigenvalue weighted by Crippen LogP contribution is 2.29. The van der Waals surface area contributed by atoms with Crippen molar-refractivity contribution >= 4 is 23.0 Å². The predicted octanol–water partition coefficient (Wildman–Crippen LogP) is 4.70. The van der Waals surface area contributed by atoms with E-state index in [1.54, 1.807) is 14.2 Å². The lowest BCUT2D eigenvalue weighted by atomic mass is 10.0. The summed E-state index contributed by atoms with van der Waals surface area (Å²) in [5.74, 6) is 1.45. The van der Waals surface area contributed by atoms with Gasteiger partial charge in [0, 0.05) is 6.07 Å². The van der Waals surface area contributed by atoms with E-state index in [1.165, 1.54) is 11.1 Å². The number of aryl methyl sites for hydroxylation is 1. The number of rotatable bonds is 7. The lowest BCUT2D eigenvalue weighted by Crippen LogP contribution is -2.31. The van der Waals surface area contributed by atoms with Crippen LogP contribution in [0.5, 0.6) is 11.5 Å². The average Bonchev–Trinajstić information content (AvgIpc) is 2.62. The molecule has 0 aliphatic heterocycles. The zero-order valence-corrected chi connectivity index (χ0v) is 16.1. The Bertz CT molecular complexity index is 701. The molecular formula is C20H26N2O2S.